The number of fused-ring (bicyclic) bond motifs is 5. The van der Waals surface area contributed by atoms with Crippen LogP contribution in [0.25, 0.3) is 22.0 Å². The summed E-state index contributed by atoms with van der Waals surface area (Å²) in [5.41, 5.74) is 2.96. The third-order valence-corrected chi connectivity index (χ3v) is 4.05. The lowest BCUT2D eigenvalue weighted by Crippen LogP contribution is -1.98. The molecule has 0 aliphatic heterocycles. The first-order valence-electron chi connectivity index (χ1n) is 6.93. The molecule has 0 bridgehead atoms. The Hall–Kier alpha value is -2.88. The zero-order valence-electron chi connectivity index (χ0n) is 12.2. The van der Waals surface area contributed by atoms with Crippen molar-refractivity contribution in [2.24, 2.45) is 0 Å². The molecule has 0 atom stereocenters. The summed E-state index contributed by atoms with van der Waals surface area (Å²) in [6.45, 7) is 0. The molecule has 3 aromatic rings. The molecular formula is C18H13NO3. The van der Waals surface area contributed by atoms with E-state index in [9.17, 15) is 4.79 Å². The highest BCUT2D eigenvalue weighted by molar-refractivity contribution is 6.26. The Balaban J connectivity index is 2.08. The minimum absolute atomic E-state index is 0.0101. The normalized spacial score (nSPS) is 12.2. The van der Waals surface area contributed by atoms with Crippen molar-refractivity contribution in [3.05, 3.63) is 53.7 Å². The largest absolute Gasteiger partial charge is 0.493 e. The van der Waals surface area contributed by atoms with E-state index in [1.807, 2.05) is 36.4 Å². The maximum Gasteiger partial charge on any atom is 0.196 e. The van der Waals surface area contributed by atoms with Crippen LogP contribution in [0.1, 0.15) is 15.9 Å². The van der Waals surface area contributed by atoms with Crippen LogP contribution in [0.4, 0.5) is 0 Å². The number of aromatic nitrogens is 1. The van der Waals surface area contributed by atoms with Crippen LogP contribution in [-0.2, 0) is 0 Å². The number of pyridine rings is 1. The molecule has 0 N–H and O–H groups in total. The zero-order valence-corrected chi connectivity index (χ0v) is 12.2. The Labute approximate surface area is 127 Å². The first-order chi connectivity index (χ1) is 10.7. The summed E-state index contributed by atoms with van der Waals surface area (Å²) in [5, 5.41) is 1.70. The number of hydrogen-bond acceptors (Lipinski definition) is 4. The van der Waals surface area contributed by atoms with E-state index in [0.29, 0.717) is 22.6 Å². The van der Waals surface area contributed by atoms with Crippen molar-refractivity contribution in [2.45, 2.75) is 0 Å². The van der Waals surface area contributed by atoms with E-state index in [4.69, 9.17) is 9.47 Å². The summed E-state index contributed by atoms with van der Waals surface area (Å²) < 4.78 is 10.7. The Morgan fingerprint density at radius 2 is 1.64 bits per heavy atom. The molecule has 108 valence electrons. The van der Waals surface area contributed by atoms with Gasteiger partial charge >= 0.3 is 0 Å². The molecule has 0 amide bonds. The predicted molar refractivity (Wildman–Crippen MR) is 83.7 cm³/mol. The summed E-state index contributed by atoms with van der Waals surface area (Å²) >= 11 is 0. The third kappa shape index (κ3) is 1.58. The zero-order chi connectivity index (χ0) is 15.3. The van der Waals surface area contributed by atoms with Gasteiger partial charge in [0.25, 0.3) is 0 Å². The van der Waals surface area contributed by atoms with Crippen molar-refractivity contribution in [3.63, 3.8) is 0 Å². The minimum atomic E-state index is 0.0101. The fourth-order valence-corrected chi connectivity index (χ4v) is 3.00. The van der Waals surface area contributed by atoms with Gasteiger partial charge in [0.15, 0.2) is 17.3 Å². The number of ether oxygens (including phenoxy) is 2. The van der Waals surface area contributed by atoms with Gasteiger partial charge in [-0.05, 0) is 12.1 Å². The second-order valence-corrected chi connectivity index (χ2v) is 5.15. The Kier molecular flexibility index (Phi) is 2.66. The molecule has 1 aromatic heterocycles. The number of nitrogens with zero attached hydrogens (tertiary/aromatic N) is 1. The van der Waals surface area contributed by atoms with E-state index in [-0.39, 0.29) is 5.78 Å². The number of methoxy groups -OCH3 is 2. The first-order valence-corrected chi connectivity index (χ1v) is 6.93. The van der Waals surface area contributed by atoms with Crippen LogP contribution >= 0.6 is 0 Å². The number of carbonyl (C=O) groups is 1. The maximum atomic E-state index is 12.7. The fraction of sp³-hybridized carbons (Fsp3) is 0.111. The van der Waals surface area contributed by atoms with E-state index in [1.165, 1.54) is 0 Å². The van der Waals surface area contributed by atoms with Crippen LogP contribution in [0.2, 0.25) is 0 Å². The maximum absolute atomic E-state index is 12.7. The van der Waals surface area contributed by atoms with Crippen LogP contribution in [0.5, 0.6) is 11.5 Å². The standard InChI is InChI=1S/C18H13NO3/c1-21-14-7-10-9-19-17-11-5-3-4-6-12(11)18(20)16(17)13(10)8-15(14)22-2/h3-9H,1-2H3. The number of ketones is 1. The van der Waals surface area contributed by atoms with Crippen molar-refractivity contribution in [2.75, 3.05) is 14.2 Å². The third-order valence-electron chi connectivity index (χ3n) is 4.05. The Morgan fingerprint density at radius 1 is 0.955 bits per heavy atom. The lowest BCUT2D eigenvalue weighted by molar-refractivity contribution is 0.104. The highest BCUT2D eigenvalue weighted by Crippen LogP contribution is 2.41. The van der Waals surface area contributed by atoms with Gasteiger partial charge in [-0.2, -0.15) is 0 Å². The number of benzene rings is 2. The average molecular weight is 291 g/mol. The van der Waals surface area contributed by atoms with Crippen LogP contribution in [0.3, 0.4) is 0 Å². The molecule has 0 saturated carbocycles. The van der Waals surface area contributed by atoms with Crippen LogP contribution in [0.15, 0.2) is 42.6 Å². The lowest BCUT2D eigenvalue weighted by Gasteiger charge is -2.11. The van der Waals surface area contributed by atoms with E-state index in [0.717, 1.165) is 22.0 Å². The van der Waals surface area contributed by atoms with E-state index >= 15 is 0 Å². The van der Waals surface area contributed by atoms with Gasteiger partial charge in [-0.1, -0.05) is 24.3 Å². The van der Waals surface area contributed by atoms with Crippen LogP contribution in [0, 0.1) is 0 Å². The van der Waals surface area contributed by atoms with Gasteiger partial charge in [-0.25, -0.2) is 0 Å². The van der Waals surface area contributed by atoms with Gasteiger partial charge in [0.2, 0.25) is 0 Å². The molecule has 2 aromatic carbocycles. The predicted octanol–water partition coefficient (Wildman–Crippen LogP) is 3.46. The van der Waals surface area contributed by atoms with Gasteiger partial charge in [-0.3, -0.25) is 9.78 Å². The minimum Gasteiger partial charge on any atom is -0.493 e. The molecule has 0 spiro atoms. The highest BCUT2D eigenvalue weighted by Gasteiger charge is 2.29. The number of rotatable bonds is 2. The van der Waals surface area contributed by atoms with Crippen molar-refractivity contribution in [3.8, 4) is 22.8 Å². The molecule has 1 aliphatic rings. The van der Waals surface area contributed by atoms with Gasteiger partial charge < -0.3 is 9.47 Å². The average Bonchev–Trinajstić information content (AvgIpc) is 2.87. The lowest BCUT2D eigenvalue weighted by atomic mass is 10.0. The smallest absolute Gasteiger partial charge is 0.196 e. The second-order valence-electron chi connectivity index (χ2n) is 5.15. The SMILES string of the molecule is COc1cc2cnc3c(c2cc1OC)C(=O)c1ccccc1-3. The molecule has 0 unspecified atom stereocenters. The monoisotopic (exact) mass is 291 g/mol. The van der Waals surface area contributed by atoms with E-state index in [1.54, 1.807) is 20.4 Å². The molecule has 4 heteroatoms. The van der Waals surface area contributed by atoms with Crippen molar-refractivity contribution < 1.29 is 14.3 Å². The van der Waals surface area contributed by atoms with Crippen molar-refractivity contribution >= 4 is 16.6 Å². The molecule has 4 rings (SSSR count). The van der Waals surface area contributed by atoms with Gasteiger partial charge in [-0.15, -0.1) is 0 Å². The quantitative estimate of drug-likeness (QED) is 0.567. The summed E-state index contributed by atoms with van der Waals surface area (Å²) in [6.07, 6.45) is 1.77. The van der Waals surface area contributed by atoms with E-state index in [2.05, 4.69) is 4.98 Å². The topological polar surface area (TPSA) is 48.4 Å². The van der Waals surface area contributed by atoms with Gasteiger partial charge in [0.1, 0.15) is 0 Å². The fourth-order valence-electron chi connectivity index (χ4n) is 3.00. The molecule has 0 radical (unpaired) electrons. The number of carbonyl (C=O) groups excluding carboxylic acids is 1. The van der Waals surface area contributed by atoms with Crippen LogP contribution in [-0.4, -0.2) is 25.0 Å². The van der Waals surface area contributed by atoms with Crippen LogP contribution < -0.4 is 9.47 Å². The van der Waals surface area contributed by atoms with E-state index < -0.39 is 0 Å². The molecule has 0 saturated heterocycles. The summed E-state index contributed by atoms with van der Waals surface area (Å²) in [6, 6.07) is 11.2. The highest BCUT2D eigenvalue weighted by atomic mass is 16.5. The summed E-state index contributed by atoms with van der Waals surface area (Å²) in [4.78, 5) is 17.2. The molecule has 1 heterocycles. The molecule has 0 fully saturated rings. The Morgan fingerprint density at radius 3 is 2.36 bits per heavy atom. The number of hydrogen-bond donors (Lipinski definition) is 0. The van der Waals surface area contributed by atoms with Gasteiger partial charge in [0, 0.05) is 28.1 Å². The summed E-state index contributed by atoms with van der Waals surface area (Å²) in [5.74, 6) is 1.24. The Bertz CT molecular complexity index is 931. The molecular weight excluding hydrogens is 278 g/mol. The second kappa shape index (κ2) is 4.56. The molecule has 1 aliphatic carbocycles. The van der Waals surface area contributed by atoms with Gasteiger partial charge in [0.05, 0.1) is 25.5 Å². The molecule has 22 heavy (non-hydrogen) atoms. The molecule has 4 nitrogen and oxygen atoms in total. The van der Waals surface area contributed by atoms with Crippen molar-refractivity contribution in [1.82, 2.24) is 4.98 Å². The van der Waals surface area contributed by atoms with Crippen molar-refractivity contribution in [1.29, 1.82) is 0 Å². The summed E-state index contributed by atoms with van der Waals surface area (Å²) in [7, 11) is 3.17. The first kappa shape index (κ1) is 12.8.